The van der Waals surface area contributed by atoms with Crippen LogP contribution < -0.4 is 15.4 Å². The number of para-hydroxylation sites is 1. The van der Waals surface area contributed by atoms with Gasteiger partial charge in [0.1, 0.15) is 18.0 Å². The fourth-order valence-electron chi connectivity index (χ4n) is 3.78. The van der Waals surface area contributed by atoms with E-state index in [0.717, 1.165) is 39.9 Å². The number of hydrogen-bond acceptors (Lipinski definition) is 6. The number of carbonyl (C=O) groups is 2. The van der Waals surface area contributed by atoms with E-state index < -0.39 is 12.3 Å². The average Bonchev–Trinajstić information content (AvgIpc) is 2.87. The molecular weight excluding hydrogens is 484 g/mol. The lowest BCUT2D eigenvalue weighted by Gasteiger charge is -2.26. The van der Waals surface area contributed by atoms with Gasteiger partial charge in [-0.25, -0.2) is 0 Å². The fraction of sp³-hybridized carbons (Fsp3) is 0.185. The van der Waals surface area contributed by atoms with Crippen molar-refractivity contribution in [2.24, 2.45) is 0 Å². The SMILES string of the molecule is COc1ccc(CSC(=O)C(CC2=CC(O)Nc3ccccc32)NC(=O)c2ccc(Cl)cc2)cc1. The van der Waals surface area contributed by atoms with Crippen LogP contribution in [0.2, 0.25) is 5.02 Å². The second-order valence-corrected chi connectivity index (χ2v) is 9.44. The van der Waals surface area contributed by atoms with Crippen LogP contribution >= 0.6 is 23.4 Å². The van der Waals surface area contributed by atoms with Crippen LogP contribution in [0, 0.1) is 0 Å². The number of hydrogen-bond donors (Lipinski definition) is 3. The molecule has 1 aliphatic heterocycles. The fourth-order valence-corrected chi connectivity index (χ4v) is 4.75. The number of anilines is 1. The van der Waals surface area contributed by atoms with Crippen LogP contribution in [0.3, 0.4) is 0 Å². The van der Waals surface area contributed by atoms with Gasteiger partial charge in [0.15, 0.2) is 0 Å². The molecule has 0 saturated carbocycles. The number of aliphatic hydroxyl groups excluding tert-OH is 1. The first kappa shape index (κ1) is 24.9. The molecule has 2 atom stereocenters. The van der Waals surface area contributed by atoms with Crippen LogP contribution in [0.1, 0.15) is 27.9 Å². The van der Waals surface area contributed by atoms with Gasteiger partial charge in [-0.1, -0.05) is 53.7 Å². The maximum absolute atomic E-state index is 13.3. The first-order valence-corrected chi connectivity index (χ1v) is 12.4. The van der Waals surface area contributed by atoms with Gasteiger partial charge in [-0.05, 0) is 59.7 Å². The number of nitrogens with one attached hydrogen (secondary N) is 2. The monoisotopic (exact) mass is 508 g/mol. The highest BCUT2D eigenvalue weighted by Gasteiger charge is 2.26. The highest BCUT2D eigenvalue weighted by atomic mass is 35.5. The minimum atomic E-state index is -0.880. The van der Waals surface area contributed by atoms with Crippen LogP contribution in [0.4, 0.5) is 5.69 Å². The Bertz CT molecular complexity index is 1230. The maximum Gasteiger partial charge on any atom is 0.251 e. The van der Waals surface area contributed by atoms with E-state index in [1.807, 2.05) is 48.5 Å². The van der Waals surface area contributed by atoms with Gasteiger partial charge in [-0.3, -0.25) is 9.59 Å². The minimum absolute atomic E-state index is 0.172. The molecule has 0 aliphatic carbocycles. The van der Waals surface area contributed by atoms with Gasteiger partial charge in [0.05, 0.1) is 7.11 Å². The number of halogens is 1. The summed E-state index contributed by atoms with van der Waals surface area (Å²) in [5.74, 6) is 0.831. The summed E-state index contributed by atoms with van der Waals surface area (Å²) in [6.45, 7) is 0. The molecule has 3 aromatic carbocycles. The van der Waals surface area contributed by atoms with Gasteiger partial charge < -0.3 is 20.5 Å². The third-order valence-electron chi connectivity index (χ3n) is 5.60. The van der Waals surface area contributed by atoms with E-state index in [9.17, 15) is 14.7 Å². The van der Waals surface area contributed by atoms with E-state index in [2.05, 4.69) is 10.6 Å². The van der Waals surface area contributed by atoms with Gasteiger partial charge in [-0.2, -0.15) is 0 Å². The topological polar surface area (TPSA) is 87.7 Å². The molecule has 0 fully saturated rings. The third-order valence-corrected chi connectivity index (χ3v) is 6.89. The van der Waals surface area contributed by atoms with Crippen molar-refractivity contribution in [1.82, 2.24) is 5.32 Å². The Labute approximate surface area is 213 Å². The van der Waals surface area contributed by atoms with E-state index in [-0.39, 0.29) is 17.4 Å². The molecule has 35 heavy (non-hydrogen) atoms. The lowest BCUT2D eigenvalue weighted by Crippen LogP contribution is -2.40. The molecule has 0 aromatic heterocycles. The molecule has 0 radical (unpaired) electrons. The smallest absolute Gasteiger partial charge is 0.251 e. The Hall–Kier alpha value is -3.26. The predicted octanol–water partition coefficient (Wildman–Crippen LogP) is 5.12. The number of fused-ring (bicyclic) bond motifs is 1. The molecule has 1 aliphatic rings. The predicted molar refractivity (Wildman–Crippen MR) is 141 cm³/mol. The molecule has 1 heterocycles. The summed E-state index contributed by atoms with van der Waals surface area (Å²) in [5.41, 5.74) is 3.82. The van der Waals surface area contributed by atoms with Crippen molar-refractivity contribution in [2.75, 3.05) is 12.4 Å². The molecule has 4 rings (SSSR count). The Morgan fingerprint density at radius 1 is 1.09 bits per heavy atom. The van der Waals surface area contributed by atoms with Crippen molar-refractivity contribution in [3.05, 3.63) is 101 Å². The lowest BCUT2D eigenvalue weighted by atomic mass is 9.94. The number of methoxy groups -OCH3 is 1. The standard InChI is InChI=1S/C27H25ClN2O4S/c1-34-21-12-6-17(7-13-21)16-35-27(33)24(30-26(32)18-8-10-20(28)11-9-18)14-19-15-25(31)29-23-5-3-2-4-22(19)23/h2-13,15,24-25,29,31H,14,16H2,1H3,(H,30,32). The minimum Gasteiger partial charge on any atom is -0.497 e. The van der Waals surface area contributed by atoms with Crippen LogP contribution in [0.15, 0.2) is 78.9 Å². The number of carbonyl (C=O) groups excluding carboxylic acids is 2. The van der Waals surface area contributed by atoms with Crippen molar-refractivity contribution in [3.8, 4) is 5.75 Å². The summed E-state index contributed by atoms with van der Waals surface area (Å²) in [5, 5.41) is 16.5. The molecule has 1 amide bonds. The third kappa shape index (κ3) is 6.45. The molecule has 6 nitrogen and oxygen atoms in total. The zero-order valence-electron chi connectivity index (χ0n) is 19.0. The van der Waals surface area contributed by atoms with Gasteiger partial charge in [0.2, 0.25) is 5.12 Å². The quantitative estimate of drug-likeness (QED) is 0.391. The zero-order valence-corrected chi connectivity index (χ0v) is 20.6. The van der Waals surface area contributed by atoms with Crippen molar-refractivity contribution in [3.63, 3.8) is 0 Å². The maximum atomic E-state index is 13.3. The van der Waals surface area contributed by atoms with E-state index >= 15 is 0 Å². The van der Waals surface area contributed by atoms with E-state index in [4.69, 9.17) is 16.3 Å². The molecule has 180 valence electrons. The molecule has 3 N–H and O–H groups in total. The highest BCUT2D eigenvalue weighted by molar-refractivity contribution is 8.13. The van der Waals surface area contributed by atoms with Gasteiger partial charge in [0, 0.05) is 34.0 Å². The van der Waals surface area contributed by atoms with Crippen LogP contribution in [-0.2, 0) is 10.5 Å². The normalized spacial score (nSPS) is 15.3. The van der Waals surface area contributed by atoms with E-state index in [0.29, 0.717) is 16.3 Å². The average molecular weight is 509 g/mol. The lowest BCUT2D eigenvalue weighted by molar-refractivity contribution is -0.112. The first-order valence-electron chi connectivity index (χ1n) is 11.0. The number of aliphatic hydroxyl groups is 1. The number of rotatable bonds is 8. The Balaban J connectivity index is 1.54. The van der Waals surface area contributed by atoms with Crippen molar-refractivity contribution in [1.29, 1.82) is 0 Å². The summed E-state index contributed by atoms with van der Waals surface area (Å²) in [6.07, 6.45) is 1.03. The molecule has 0 bridgehead atoms. The number of ether oxygens (including phenoxy) is 1. The Kier molecular flexibility index (Phi) is 8.13. The van der Waals surface area contributed by atoms with Gasteiger partial charge in [0.25, 0.3) is 5.91 Å². The summed E-state index contributed by atoms with van der Waals surface area (Å²) in [4.78, 5) is 26.3. The molecule has 3 aromatic rings. The summed E-state index contributed by atoms with van der Waals surface area (Å²) in [6, 6.07) is 20.8. The first-order chi connectivity index (χ1) is 16.9. The zero-order chi connectivity index (χ0) is 24.8. The van der Waals surface area contributed by atoms with E-state index in [1.165, 1.54) is 0 Å². The summed E-state index contributed by atoms with van der Waals surface area (Å²) < 4.78 is 5.19. The summed E-state index contributed by atoms with van der Waals surface area (Å²) in [7, 11) is 1.60. The molecular formula is C27H25ClN2O4S. The molecule has 0 spiro atoms. The number of benzene rings is 3. The second-order valence-electron chi connectivity index (χ2n) is 8.02. The summed E-state index contributed by atoms with van der Waals surface area (Å²) >= 11 is 7.09. The number of amides is 1. The highest BCUT2D eigenvalue weighted by Crippen LogP contribution is 2.33. The van der Waals surface area contributed by atoms with Crippen molar-refractivity contribution < 1.29 is 19.4 Å². The molecule has 0 saturated heterocycles. The molecule has 2 unspecified atom stereocenters. The van der Waals surface area contributed by atoms with Crippen molar-refractivity contribution in [2.45, 2.75) is 24.4 Å². The Morgan fingerprint density at radius 2 is 1.80 bits per heavy atom. The van der Waals surface area contributed by atoms with E-state index in [1.54, 1.807) is 37.5 Å². The van der Waals surface area contributed by atoms with Crippen molar-refractivity contribution >= 4 is 45.6 Å². The van der Waals surface area contributed by atoms with Crippen LogP contribution in [0.5, 0.6) is 5.75 Å². The van der Waals surface area contributed by atoms with Crippen LogP contribution in [-0.4, -0.2) is 35.5 Å². The number of thioether (sulfide) groups is 1. The molecule has 8 heteroatoms. The Morgan fingerprint density at radius 3 is 2.51 bits per heavy atom. The second kappa shape index (κ2) is 11.4. The van der Waals surface area contributed by atoms with Gasteiger partial charge >= 0.3 is 0 Å². The van der Waals surface area contributed by atoms with Crippen LogP contribution in [0.25, 0.3) is 5.57 Å². The van der Waals surface area contributed by atoms with Gasteiger partial charge in [-0.15, -0.1) is 0 Å². The largest absolute Gasteiger partial charge is 0.497 e.